The molecule has 1 atom stereocenters. The van der Waals surface area contributed by atoms with Gasteiger partial charge in [-0.2, -0.15) is 9.57 Å². The number of hydrogen-bond donors (Lipinski definition) is 1. The van der Waals surface area contributed by atoms with E-state index in [1.807, 2.05) is 11.8 Å². The predicted octanol–water partition coefficient (Wildman–Crippen LogP) is 0.327. The summed E-state index contributed by atoms with van der Waals surface area (Å²) >= 11 is 0. The average molecular weight is 297 g/mol. The van der Waals surface area contributed by atoms with E-state index in [9.17, 15) is 8.42 Å². The second kappa shape index (κ2) is 5.91. The molecule has 1 aromatic rings. The quantitative estimate of drug-likeness (QED) is 0.864. The zero-order chi connectivity index (χ0) is 14.8. The van der Waals surface area contributed by atoms with Gasteiger partial charge in [-0.3, -0.25) is 4.90 Å². The number of nitrogens with one attached hydrogen (secondary N) is 1. The van der Waals surface area contributed by atoms with Gasteiger partial charge in [0.15, 0.2) is 5.03 Å². The highest BCUT2D eigenvalue weighted by atomic mass is 32.2. The average Bonchev–Trinajstić information content (AvgIpc) is 2.88. The number of sulfonamides is 1. The van der Waals surface area contributed by atoms with Crippen molar-refractivity contribution in [3.63, 3.8) is 0 Å². The largest absolute Gasteiger partial charge is 0.332 e. The molecular formula is C12H19N5O2S. The number of nitrogens with zero attached hydrogens (tertiary/aromatic N) is 4. The number of rotatable bonds is 4. The number of hydrogen-bond acceptors (Lipinski definition) is 5. The molecule has 0 aliphatic carbocycles. The van der Waals surface area contributed by atoms with Gasteiger partial charge in [-0.05, 0) is 13.3 Å². The molecule has 7 nitrogen and oxygen atoms in total. The Hall–Kier alpha value is -1.43. The second-order valence-corrected chi connectivity index (χ2v) is 6.73. The Morgan fingerprint density at radius 2 is 2.10 bits per heavy atom. The Labute approximate surface area is 119 Å². The predicted molar refractivity (Wildman–Crippen MR) is 73.3 cm³/mol. The standard InChI is InChI=1S/C12H19N5O2S/c1-3-11(8-13)16-4-6-17(7-5-16)20(18,19)12-9-14-10(2)15-12/h9,11H,3-7H2,1-2H3,(H,14,15). The van der Waals surface area contributed by atoms with Gasteiger partial charge in [-0.15, -0.1) is 0 Å². The van der Waals surface area contributed by atoms with E-state index in [1.54, 1.807) is 6.92 Å². The fourth-order valence-corrected chi connectivity index (χ4v) is 3.74. The number of aromatic nitrogens is 2. The molecule has 0 amide bonds. The molecule has 1 aromatic heterocycles. The van der Waals surface area contributed by atoms with E-state index in [1.165, 1.54) is 10.5 Å². The minimum atomic E-state index is -3.50. The maximum absolute atomic E-state index is 12.4. The van der Waals surface area contributed by atoms with Gasteiger partial charge in [0.2, 0.25) is 0 Å². The van der Waals surface area contributed by atoms with Gasteiger partial charge in [0.1, 0.15) is 5.82 Å². The number of aromatic amines is 1. The third-order valence-corrected chi connectivity index (χ3v) is 5.36. The van der Waals surface area contributed by atoms with Crippen LogP contribution in [0.3, 0.4) is 0 Å². The van der Waals surface area contributed by atoms with Crippen molar-refractivity contribution in [2.24, 2.45) is 0 Å². The van der Waals surface area contributed by atoms with E-state index in [2.05, 4.69) is 16.0 Å². The summed E-state index contributed by atoms with van der Waals surface area (Å²) in [6, 6.07) is 2.12. The lowest BCUT2D eigenvalue weighted by Crippen LogP contribution is -2.51. The van der Waals surface area contributed by atoms with Crippen molar-refractivity contribution in [3.8, 4) is 6.07 Å². The summed E-state index contributed by atoms with van der Waals surface area (Å²) in [5.41, 5.74) is 0. The smallest absolute Gasteiger partial charge is 0.260 e. The van der Waals surface area contributed by atoms with E-state index in [4.69, 9.17) is 5.26 Å². The van der Waals surface area contributed by atoms with Crippen molar-refractivity contribution < 1.29 is 8.42 Å². The van der Waals surface area contributed by atoms with Crippen LogP contribution in [0.25, 0.3) is 0 Å². The van der Waals surface area contributed by atoms with Crippen LogP contribution in [0, 0.1) is 18.3 Å². The molecule has 2 rings (SSSR count). The minimum Gasteiger partial charge on any atom is -0.332 e. The summed E-state index contributed by atoms with van der Waals surface area (Å²) < 4.78 is 26.2. The molecule has 0 radical (unpaired) electrons. The second-order valence-electron chi connectivity index (χ2n) is 4.83. The molecule has 1 unspecified atom stereocenters. The number of aryl methyl sites for hydroxylation is 1. The zero-order valence-electron chi connectivity index (χ0n) is 11.7. The Morgan fingerprint density at radius 1 is 1.45 bits per heavy atom. The summed E-state index contributed by atoms with van der Waals surface area (Å²) in [6.45, 7) is 5.65. The highest BCUT2D eigenvalue weighted by Gasteiger charge is 2.31. The molecule has 1 N–H and O–H groups in total. The molecule has 0 bridgehead atoms. The van der Waals surface area contributed by atoms with E-state index < -0.39 is 10.0 Å². The lowest BCUT2D eigenvalue weighted by Gasteiger charge is -2.35. The molecule has 0 saturated carbocycles. The normalized spacial score (nSPS) is 19.6. The molecule has 110 valence electrons. The first-order valence-electron chi connectivity index (χ1n) is 6.64. The SMILES string of the molecule is CCC(C#N)N1CCN(S(=O)(=O)c2cnc(C)[nH]2)CC1. The van der Waals surface area contributed by atoms with Gasteiger partial charge < -0.3 is 4.98 Å². The van der Waals surface area contributed by atoms with Crippen molar-refractivity contribution in [2.45, 2.75) is 31.3 Å². The first-order valence-corrected chi connectivity index (χ1v) is 8.08. The van der Waals surface area contributed by atoms with Gasteiger partial charge in [0.25, 0.3) is 10.0 Å². The highest BCUT2D eigenvalue weighted by molar-refractivity contribution is 7.89. The van der Waals surface area contributed by atoms with Crippen molar-refractivity contribution in [1.82, 2.24) is 19.2 Å². The van der Waals surface area contributed by atoms with Crippen molar-refractivity contribution in [3.05, 3.63) is 12.0 Å². The van der Waals surface area contributed by atoms with Crippen LogP contribution in [0.5, 0.6) is 0 Å². The van der Waals surface area contributed by atoms with Crippen LogP contribution >= 0.6 is 0 Å². The van der Waals surface area contributed by atoms with E-state index in [0.717, 1.165) is 6.42 Å². The molecule has 20 heavy (non-hydrogen) atoms. The van der Waals surface area contributed by atoms with Crippen LogP contribution in [-0.2, 0) is 10.0 Å². The van der Waals surface area contributed by atoms with Gasteiger partial charge >= 0.3 is 0 Å². The van der Waals surface area contributed by atoms with Gasteiger partial charge in [-0.1, -0.05) is 6.92 Å². The Bertz CT molecular complexity index is 596. The number of nitriles is 1. The Morgan fingerprint density at radius 3 is 2.55 bits per heavy atom. The first kappa shape index (κ1) is 15.0. The maximum Gasteiger partial charge on any atom is 0.260 e. The van der Waals surface area contributed by atoms with Crippen LogP contribution in [0.15, 0.2) is 11.2 Å². The van der Waals surface area contributed by atoms with Crippen LogP contribution in [-0.4, -0.2) is 59.8 Å². The molecule has 8 heteroatoms. The fraction of sp³-hybridized carbons (Fsp3) is 0.667. The molecule has 2 heterocycles. The van der Waals surface area contributed by atoms with Crippen LogP contribution in [0.1, 0.15) is 19.2 Å². The maximum atomic E-state index is 12.4. The summed E-state index contributed by atoms with van der Waals surface area (Å²) in [7, 11) is -3.50. The Kier molecular flexibility index (Phi) is 4.42. The van der Waals surface area contributed by atoms with Crippen molar-refractivity contribution in [2.75, 3.05) is 26.2 Å². The molecule has 0 aromatic carbocycles. The highest BCUT2D eigenvalue weighted by Crippen LogP contribution is 2.17. The third kappa shape index (κ3) is 2.85. The van der Waals surface area contributed by atoms with Crippen LogP contribution < -0.4 is 0 Å². The molecule has 1 aliphatic heterocycles. The summed E-state index contributed by atoms with van der Waals surface area (Å²) in [4.78, 5) is 8.73. The molecule has 0 spiro atoms. The number of H-pyrrole nitrogens is 1. The number of piperazine rings is 1. The lowest BCUT2D eigenvalue weighted by molar-refractivity contribution is 0.159. The molecule has 1 saturated heterocycles. The van der Waals surface area contributed by atoms with Crippen molar-refractivity contribution in [1.29, 1.82) is 5.26 Å². The molecule has 1 aliphatic rings. The van der Waals surface area contributed by atoms with E-state index in [-0.39, 0.29) is 11.1 Å². The van der Waals surface area contributed by atoms with Crippen LogP contribution in [0.4, 0.5) is 0 Å². The molecular weight excluding hydrogens is 278 g/mol. The lowest BCUT2D eigenvalue weighted by atomic mass is 10.2. The number of imidazole rings is 1. The summed E-state index contributed by atoms with van der Waals surface area (Å²) in [6.07, 6.45) is 2.10. The fourth-order valence-electron chi connectivity index (χ4n) is 2.36. The Balaban J connectivity index is 2.06. The monoisotopic (exact) mass is 297 g/mol. The van der Waals surface area contributed by atoms with Crippen LogP contribution in [0.2, 0.25) is 0 Å². The van der Waals surface area contributed by atoms with E-state index in [0.29, 0.717) is 32.0 Å². The topological polar surface area (TPSA) is 93.1 Å². The zero-order valence-corrected chi connectivity index (χ0v) is 12.5. The van der Waals surface area contributed by atoms with Gasteiger partial charge in [-0.25, -0.2) is 13.4 Å². The van der Waals surface area contributed by atoms with Gasteiger partial charge in [0.05, 0.1) is 18.3 Å². The third-order valence-electron chi connectivity index (χ3n) is 3.55. The summed E-state index contributed by atoms with van der Waals surface area (Å²) in [5, 5.41) is 9.18. The van der Waals surface area contributed by atoms with Crippen molar-refractivity contribution >= 4 is 10.0 Å². The molecule has 1 fully saturated rings. The van der Waals surface area contributed by atoms with Gasteiger partial charge in [0, 0.05) is 26.2 Å². The minimum absolute atomic E-state index is 0.130. The first-order chi connectivity index (χ1) is 9.48. The summed E-state index contributed by atoms with van der Waals surface area (Å²) in [5.74, 6) is 0.581. The van der Waals surface area contributed by atoms with E-state index >= 15 is 0 Å².